The first-order chi connectivity index (χ1) is 10.4. The van der Waals surface area contributed by atoms with Crippen molar-refractivity contribution in [2.24, 2.45) is 0 Å². The Bertz CT molecular complexity index is 665. The Morgan fingerprint density at radius 1 is 1.05 bits per heavy atom. The molecular weight excluding hydrogens is 353 g/mol. The van der Waals surface area contributed by atoms with Gasteiger partial charge in [-0.05, 0) is 42.5 Å². The van der Waals surface area contributed by atoms with Crippen LogP contribution >= 0.6 is 35.4 Å². The fraction of sp³-hybridized carbons (Fsp3) is 0.0714. The van der Waals surface area contributed by atoms with E-state index >= 15 is 0 Å². The number of benzene rings is 2. The first-order valence-electron chi connectivity index (χ1n) is 6.02. The molecule has 0 aliphatic rings. The molecule has 0 saturated carbocycles. The van der Waals surface area contributed by atoms with E-state index in [-0.39, 0.29) is 10.9 Å². The summed E-state index contributed by atoms with van der Waals surface area (Å²) in [6, 6.07) is 11.1. The molecule has 0 heterocycles. The molecule has 0 unspecified atom stereocenters. The number of halogens is 4. The normalized spacial score (nSPS) is 10.4. The van der Waals surface area contributed by atoms with Crippen molar-refractivity contribution in [3.63, 3.8) is 0 Å². The quantitative estimate of drug-likeness (QED) is 0.713. The van der Waals surface area contributed by atoms with E-state index in [1.54, 1.807) is 36.4 Å². The van der Waals surface area contributed by atoms with E-state index < -0.39 is 6.61 Å². The van der Waals surface area contributed by atoms with E-state index in [0.717, 1.165) is 0 Å². The lowest BCUT2D eigenvalue weighted by Crippen LogP contribution is -2.20. The average Bonchev–Trinajstić information content (AvgIpc) is 2.39. The van der Waals surface area contributed by atoms with Crippen LogP contribution in [0.5, 0.6) is 5.75 Å². The Balaban J connectivity index is 2.09. The van der Waals surface area contributed by atoms with Crippen LogP contribution in [0.1, 0.15) is 0 Å². The maximum atomic E-state index is 12.3. The van der Waals surface area contributed by atoms with E-state index in [1.165, 1.54) is 6.07 Å². The maximum Gasteiger partial charge on any atom is 0.387 e. The van der Waals surface area contributed by atoms with Gasteiger partial charge in [-0.25, -0.2) is 0 Å². The average molecular weight is 363 g/mol. The summed E-state index contributed by atoms with van der Waals surface area (Å²) >= 11 is 16.9. The van der Waals surface area contributed by atoms with Crippen molar-refractivity contribution in [3.8, 4) is 5.75 Å². The standard InChI is InChI=1S/C14H10Cl2F2N2OS/c15-8-5-9(16)7-10(6-8)19-14(22)20-11-3-1-2-4-12(11)21-13(17)18/h1-7,13H,(H2,19,20,22). The lowest BCUT2D eigenvalue weighted by molar-refractivity contribution is -0.0493. The minimum Gasteiger partial charge on any atom is -0.433 e. The summed E-state index contributed by atoms with van der Waals surface area (Å²) in [6.45, 7) is -2.92. The highest BCUT2D eigenvalue weighted by molar-refractivity contribution is 7.80. The molecule has 2 rings (SSSR count). The molecule has 22 heavy (non-hydrogen) atoms. The van der Waals surface area contributed by atoms with Crippen LogP contribution in [0.15, 0.2) is 42.5 Å². The number of alkyl halides is 2. The fourth-order valence-electron chi connectivity index (χ4n) is 1.68. The van der Waals surface area contributed by atoms with Gasteiger partial charge in [0.2, 0.25) is 0 Å². The molecule has 0 bridgehead atoms. The lowest BCUT2D eigenvalue weighted by Gasteiger charge is -2.14. The summed E-state index contributed by atoms with van der Waals surface area (Å²) in [6.07, 6.45) is 0. The molecule has 0 saturated heterocycles. The van der Waals surface area contributed by atoms with Crippen LogP contribution in [0.2, 0.25) is 10.0 Å². The minimum absolute atomic E-state index is 0.00854. The smallest absolute Gasteiger partial charge is 0.387 e. The SMILES string of the molecule is FC(F)Oc1ccccc1NC(=S)Nc1cc(Cl)cc(Cl)c1. The first-order valence-corrected chi connectivity index (χ1v) is 7.18. The molecule has 0 aliphatic carbocycles. The highest BCUT2D eigenvalue weighted by Gasteiger charge is 2.10. The van der Waals surface area contributed by atoms with Crippen molar-refractivity contribution in [2.75, 3.05) is 10.6 Å². The van der Waals surface area contributed by atoms with Crippen molar-refractivity contribution in [2.45, 2.75) is 6.61 Å². The summed E-state index contributed by atoms with van der Waals surface area (Å²) in [5.74, 6) is -0.00854. The number of thiocarbonyl (C=S) groups is 1. The summed E-state index contributed by atoms with van der Waals surface area (Å²) in [7, 11) is 0. The van der Waals surface area contributed by atoms with Crippen molar-refractivity contribution < 1.29 is 13.5 Å². The predicted molar refractivity (Wildman–Crippen MR) is 89.4 cm³/mol. The van der Waals surface area contributed by atoms with Gasteiger partial charge in [-0.15, -0.1) is 0 Å². The van der Waals surface area contributed by atoms with Gasteiger partial charge in [0, 0.05) is 15.7 Å². The third-order valence-electron chi connectivity index (χ3n) is 2.47. The second-order valence-electron chi connectivity index (χ2n) is 4.11. The molecule has 116 valence electrons. The summed E-state index contributed by atoms with van der Waals surface area (Å²) < 4.78 is 29.1. The number of anilines is 2. The number of rotatable bonds is 4. The zero-order valence-electron chi connectivity index (χ0n) is 10.9. The van der Waals surface area contributed by atoms with Crippen molar-refractivity contribution in [1.29, 1.82) is 0 Å². The summed E-state index contributed by atoms with van der Waals surface area (Å²) in [4.78, 5) is 0. The van der Waals surface area contributed by atoms with Crippen molar-refractivity contribution in [3.05, 3.63) is 52.5 Å². The molecule has 0 radical (unpaired) electrons. The second-order valence-corrected chi connectivity index (χ2v) is 5.39. The van der Waals surface area contributed by atoms with Crippen LogP contribution in [-0.4, -0.2) is 11.7 Å². The summed E-state index contributed by atoms with van der Waals surface area (Å²) in [5, 5.41) is 6.71. The van der Waals surface area contributed by atoms with Gasteiger partial charge in [-0.3, -0.25) is 0 Å². The van der Waals surface area contributed by atoms with Gasteiger partial charge < -0.3 is 15.4 Å². The van der Waals surface area contributed by atoms with Crippen molar-refractivity contribution >= 4 is 51.9 Å². The van der Waals surface area contributed by atoms with Crippen LogP contribution in [0.25, 0.3) is 0 Å². The number of hydrogen-bond donors (Lipinski definition) is 2. The predicted octanol–water partition coefficient (Wildman–Crippen LogP) is 5.40. The van der Waals surface area contributed by atoms with E-state index in [9.17, 15) is 8.78 Å². The Hall–Kier alpha value is -1.63. The van der Waals surface area contributed by atoms with E-state index in [2.05, 4.69) is 15.4 Å². The minimum atomic E-state index is -2.92. The summed E-state index contributed by atoms with van der Waals surface area (Å²) in [5.41, 5.74) is 0.885. The molecule has 2 aromatic carbocycles. The Kier molecular flexibility index (Phi) is 5.76. The molecule has 0 aliphatic heterocycles. The van der Waals surface area contributed by atoms with Crippen molar-refractivity contribution in [1.82, 2.24) is 0 Å². The topological polar surface area (TPSA) is 33.3 Å². The third kappa shape index (κ3) is 4.98. The molecule has 0 spiro atoms. The van der Waals surface area contributed by atoms with Crippen LogP contribution < -0.4 is 15.4 Å². The maximum absolute atomic E-state index is 12.3. The van der Waals surface area contributed by atoms with Gasteiger partial charge in [0.15, 0.2) is 5.11 Å². The number of nitrogens with one attached hydrogen (secondary N) is 2. The number of para-hydroxylation sites is 2. The van der Waals surface area contributed by atoms with Gasteiger partial charge in [-0.2, -0.15) is 8.78 Å². The van der Waals surface area contributed by atoms with Crippen LogP contribution in [-0.2, 0) is 0 Å². The molecular formula is C14H10Cl2F2N2OS. The van der Waals surface area contributed by atoms with Gasteiger partial charge in [0.1, 0.15) is 5.75 Å². The Morgan fingerprint density at radius 3 is 2.32 bits per heavy atom. The van der Waals surface area contributed by atoms with E-state index in [4.69, 9.17) is 35.4 Å². The highest BCUT2D eigenvalue weighted by Crippen LogP contribution is 2.26. The first kappa shape index (κ1) is 16.7. The molecule has 3 nitrogen and oxygen atoms in total. The molecule has 2 N–H and O–H groups in total. The number of hydrogen-bond acceptors (Lipinski definition) is 2. The van der Waals surface area contributed by atoms with Crippen LogP contribution in [0.3, 0.4) is 0 Å². The second kappa shape index (κ2) is 7.58. The van der Waals surface area contributed by atoms with Crippen LogP contribution in [0.4, 0.5) is 20.2 Å². The number of ether oxygens (including phenoxy) is 1. The molecule has 8 heteroatoms. The molecule has 0 fully saturated rings. The van der Waals surface area contributed by atoms with Crippen LogP contribution in [0, 0.1) is 0 Å². The fourth-order valence-corrected chi connectivity index (χ4v) is 2.43. The molecule has 0 aromatic heterocycles. The highest BCUT2D eigenvalue weighted by atomic mass is 35.5. The van der Waals surface area contributed by atoms with E-state index in [1.807, 2.05) is 0 Å². The largest absolute Gasteiger partial charge is 0.433 e. The van der Waals surface area contributed by atoms with Gasteiger partial charge in [-0.1, -0.05) is 35.3 Å². The van der Waals surface area contributed by atoms with Gasteiger partial charge in [0.05, 0.1) is 5.69 Å². The monoisotopic (exact) mass is 362 g/mol. The van der Waals surface area contributed by atoms with Gasteiger partial charge in [0.25, 0.3) is 0 Å². The lowest BCUT2D eigenvalue weighted by atomic mass is 10.3. The zero-order chi connectivity index (χ0) is 16.1. The van der Waals surface area contributed by atoms with Gasteiger partial charge >= 0.3 is 6.61 Å². The molecule has 2 aromatic rings. The Labute approximate surface area is 141 Å². The third-order valence-corrected chi connectivity index (χ3v) is 3.11. The molecule has 0 atom stereocenters. The molecule has 0 amide bonds. The Morgan fingerprint density at radius 2 is 1.68 bits per heavy atom. The zero-order valence-corrected chi connectivity index (χ0v) is 13.3. The van der Waals surface area contributed by atoms with E-state index in [0.29, 0.717) is 21.4 Å².